The van der Waals surface area contributed by atoms with E-state index in [-0.39, 0.29) is 0 Å². The van der Waals surface area contributed by atoms with Gasteiger partial charge in [0.15, 0.2) is 0 Å². The molecule has 0 N–H and O–H groups in total. The van der Waals surface area contributed by atoms with Crippen LogP contribution in [0.2, 0.25) is 0 Å². The zero-order chi connectivity index (χ0) is 5.54. The molecule has 0 bridgehead atoms. The topological polar surface area (TPSA) is 0 Å². The minimum absolute atomic E-state index is 0.780. The van der Waals surface area contributed by atoms with Crippen LogP contribution in [0.5, 0.6) is 0 Å². The van der Waals surface area contributed by atoms with Crippen LogP contribution in [0.3, 0.4) is 0 Å². The monoisotopic (exact) mass is 532 g/mol. The Morgan fingerprint density at radius 2 is 2.14 bits per heavy atom. The molecule has 0 aromatic rings. The van der Waals surface area contributed by atoms with Crippen molar-refractivity contribution >= 4 is 86.6 Å². The zero-order valence-corrected chi connectivity index (χ0v) is 18.3. The molecule has 0 aromatic heterocycles. The van der Waals surface area contributed by atoms with Crippen molar-refractivity contribution in [3.63, 3.8) is 0 Å². The van der Waals surface area contributed by atoms with Crippen molar-refractivity contribution in [1.29, 1.82) is 0 Å². The summed E-state index contributed by atoms with van der Waals surface area (Å²) in [5, 5.41) is 0. The standard InChI is InChI=1S/As7H7/c1-3-5-7-6-4-2/h1,4-7H,2H2. The second kappa shape index (κ2) is 9.91. The number of hydrogen-bond acceptors (Lipinski definition) is 0. The summed E-state index contributed by atoms with van der Waals surface area (Å²) in [6.45, 7) is 0. The van der Waals surface area contributed by atoms with Gasteiger partial charge < -0.3 is 0 Å². The summed E-state index contributed by atoms with van der Waals surface area (Å²) in [5.74, 6) is 0. The molecule has 0 nitrogen and oxygen atoms in total. The molecule has 0 saturated carbocycles. The van der Waals surface area contributed by atoms with Crippen LogP contribution in [-0.2, 0) is 0 Å². The molecule has 0 aliphatic carbocycles. The van der Waals surface area contributed by atoms with E-state index in [4.69, 9.17) is 0 Å². The van der Waals surface area contributed by atoms with Gasteiger partial charge in [0, 0.05) is 0 Å². The van der Waals surface area contributed by atoms with Gasteiger partial charge in [-0.15, -0.1) is 0 Å². The molecule has 5 atom stereocenters. The Kier molecular flexibility index (Phi) is 15.4. The van der Waals surface area contributed by atoms with Crippen molar-refractivity contribution in [2.45, 2.75) is 0 Å². The van der Waals surface area contributed by atoms with E-state index < -0.39 is 0 Å². The SMILES string of the molecule is [AsH]=[As][AsH][AsH][AsH][AsH][AsH2]. The molecule has 0 aliphatic rings. The summed E-state index contributed by atoms with van der Waals surface area (Å²) in [6.07, 6.45) is 0. The molecular formula is H7As7. The van der Waals surface area contributed by atoms with Crippen LogP contribution in [0.15, 0.2) is 0 Å². The Morgan fingerprint density at radius 1 is 1.43 bits per heavy atom. The average molecular weight is 532 g/mol. The predicted molar refractivity (Wildman–Crippen MR) is 50.0 cm³/mol. The minimum atomic E-state index is 0.780. The third-order valence-electron chi connectivity index (χ3n) is 0.246. The van der Waals surface area contributed by atoms with Crippen molar-refractivity contribution in [3.8, 4) is 0 Å². The van der Waals surface area contributed by atoms with Crippen LogP contribution < -0.4 is 0 Å². The van der Waals surface area contributed by atoms with E-state index in [1.54, 1.807) is 0 Å². The molecule has 42 valence electrons. The van der Waals surface area contributed by atoms with E-state index in [2.05, 4.69) is 29.0 Å². The van der Waals surface area contributed by atoms with Crippen LogP contribution in [0.4, 0.5) is 0 Å². The third kappa shape index (κ3) is 9.91. The summed E-state index contributed by atoms with van der Waals surface area (Å²) in [4.78, 5) is 0. The Hall–Kier alpha value is 3.91. The molecule has 5 unspecified atom stereocenters. The molecule has 0 aliphatic heterocycles. The first-order chi connectivity index (χ1) is 3.41. The van der Waals surface area contributed by atoms with Gasteiger partial charge in [-0.05, 0) is 0 Å². The molecule has 0 rings (SSSR count). The maximum absolute atomic E-state index is 2.47. The Morgan fingerprint density at radius 3 is 2.57 bits per heavy atom. The summed E-state index contributed by atoms with van der Waals surface area (Å²) in [7, 11) is 0. The fourth-order valence-corrected chi connectivity index (χ4v) is 348. The zero-order valence-electron chi connectivity index (χ0n) is 3.52. The van der Waals surface area contributed by atoms with Gasteiger partial charge in [-0.25, -0.2) is 0 Å². The van der Waals surface area contributed by atoms with Gasteiger partial charge in [-0.3, -0.25) is 0 Å². The molecule has 0 aromatic carbocycles. The molecule has 7 heteroatoms. The summed E-state index contributed by atoms with van der Waals surface area (Å²) in [6, 6.07) is 0. The molecule has 0 fully saturated rings. The van der Waals surface area contributed by atoms with Gasteiger partial charge in [0.25, 0.3) is 0 Å². The summed E-state index contributed by atoms with van der Waals surface area (Å²) in [5.41, 5.74) is 0. The van der Waals surface area contributed by atoms with Gasteiger partial charge in [-0.1, -0.05) is 0 Å². The normalized spacial score (nSPS) is 16.7. The van der Waals surface area contributed by atoms with Gasteiger partial charge in [0.1, 0.15) is 0 Å². The van der Waals surface area contributed by atoms with E-state index in [0.717, 1.165) is 57.6 Å². The van der Waals surface area contributed by atoms with Crippen LogP contribution in [-0.4, -0.2) is 86.6 Å². The summed E-state index contributed by atoms with van der Waals surface area (Å²) >= 11 is 8.88. The Labute approximate surface area is 84.3 Å². The van der Waals surface area contributed by atoms with Gasteiger partial charge in [-0.2, -0.15) is 0 Å². The first kappa shape index (κ1) is 10.9. The quantitative estimate of drug-likeness (QED) is 0.254. The molecule has 0 saturated heterocycles. The number of hydrogen-bond donors (Lipinski definition) is 0. The van der Waals surface area contributed by atoms with Crippen molar-refractivity contribution in [1.82, 2.24) is 0 Å². The maximum atomic E-state index is 2.47. The van der Waals surface area contributed by atoms with E-state index in [1.165, 1.54) is 0 Å². The fourth-order valence-electron chi connectivity index (χ4n) is 0.0920. The molecular weight excluding hydrogens is 524 g/mol. The first-order valence-electron chi connectivity index (χ1n) is 1.49. The van der Waals surface area contributed by atoms with Gasteiger partial charge in [0.2, 0.25) is 0 Å². The third-order valence-corrected chi connectivity index (χ3v) is 180. The van der Waals surface area contributed by atoms with E-state index in [9.17, 15) is 0 Å². The van der Waals surface area contributed by atoms with Crippen LogP contribution in [0.25, 0.3) is 0 Å². The fraction of sp³-hybridized carbons (Fsp3) is 0. The van der Waals surface area contributed by atoms with Gasteiger partial charge in [0.05, 0.1) is 0 Å². The van der Waals surface area contributed by atoms with E-state index >= 15 is 0 Å². The van der Waals surface area contributed by atoms with Crippen LogP contribution in [0.1, 0.15) is 0 Å². The Balaban J connectivity index is 2.56. The molecule has 7 heavy (non-hydrogen) atoms. The molecule has 0 spiro atoms. The second-order valence-corrected chi connectivity index (χ2v) is 86.7. The first-order valence-corrected chi connectivity index (χ1v) is 40.1. The van der Waals surface area contributed by atoms with Crippen molar-refractivity contribution in [2.24, 2.45) is 0 Å². The number of rotatable bonds is 4. The molecule has 0 amide bonds. The van der Waals surface area contributed by atoms with Crippen molar-refractivity contribution in [2.75, 3.05) is 0 Å². The molecule has 0 radical (unpaired) electrons. The van der Waals surface area contributed by atoms with E-state index in [1.807, 2.05) is 0 Å². The van der Waals surface area contributed by atoms with Crippen molar-refractivity contribution in [3.05, 3.63) is 0 Å². The van der Waals surface area contributed by atoms with Crippen LogP contribution in [0, 0.1) is 0 Å². The average Bonchev–Trinajstić information content (AvgIpc) is 1.69. The summed E-state index contributed by atoms with van der Waals surface area (Å²) < 4.78 is 0. The molecule has 0 heterocycles. The predicted octanol–water partition coefficient (Wildman–Crippen LogP) is -4.54. The van der Waals surface area contributed by atoms with Crippen molar-refractivity contribution < 1.29 is 0 Å². The Bertz CT molecular complexity index is 37.3. The van der Waals surface area contributed by atoms with E-state index in [0.29, 0.717) is 0 Å². The second-order valence-electron chi connectivity index (χ2n) is 0.618. The van der Waals surface area contributed by atoms with Crippen LogP contribution >= 0.6 is 0 Å². The van der Waals surface area contributed by atoms with Gasteiger partial charge >= 0.3 is 86.6 Å².